The number of benzene rings is 2. The van der Waals surface area contributed by atoms with Crippen molar-refractivity contribution < 1.29 is 26.8 Å². The Bertz CT molecular complexity index is 1170. The maximum Gasteiger partial charge on any atom is 0.256 e. The van der Waals surface area contributed by atoms with Gasteiger partial charge in [-0.15, -0.1) is 0 Å². The summed E-state index contributed by atoms with van der Waals surface area (Å²) in [7, 11) is -3.55. The average molecular weight is 492 g/mol. The number of hydrogen-bond acceptors (Lipinski definition) is 6. The summed E-state index contributed by atoms with van der Waals surface area (Å²) >= 11 is 0. The first-order valence-corrected chi connectivity index (χ1v) is 13.0. The third-order valence-electron chi connectivity index (χ3n) is 6.42. The van der Waals surface area contributed by atoms with Crippen molar-refractivity contribution in [3.8, 4) is 0 Å². The molecule has 0 bridgehead atoms. The van der Waals surface area contributed by atoms with Gasteiger partial charge in [-0.3, -0.25) is 9.59 Å². The quantitative estimate of drug-likeness (QED) is 0.599. The molecular weight excluding hydrogens is 464 g/mol. The Balaban J connectivity index is 1.54. The van der Waals surface area contributed by atoms with E-state index in [1.54, 1.807) is 28.0 Å². The van der Waals surface area contributed by atoms with Crippen molar-refractivity contribution >= 4 is 33.4 Å². The van der Waals surface area contributed by atoms with Crippen LogP contribution in [-0.2, 0) is 9.84 Å². The van der Waals surface area contributed by atoms with Crippen LogP contribution in [0.15, 0.2) is 47.4 Å². The lowest BCUT2D eigenvalue weighted by atomic mass is 10.0. The Hall–Kier alpha value is -3.01. The Morgan fingerprint density at radius 1 is 0.912 bits per heavy atom. The number of aldehydes is 1. The van der Waals surface area contributed by atoms with Gasteiger partial charge in [0.2, 0.25) is 0 Å². The second-order valence-electron chi connectivity index (χ2n) is 8.78. The smallest absolute Gasteiger partial charge is 0.256 e. The van der Waals surface area contributed by atoms with Crippen LogP contribution in [-0.4, -0.2) is 77.0 Å². The maximum absolute atomic E-state index is 13.7. The van der Waals surface area contributed by atoms with Gasteiger partial charge in [-0.1, -0.05) is 0 Å². The van der Waals surface area contributed by atoms with E-state index in [1.807, 2.05) is 12.1 Å². The SMILES string of the molecule is CS(=O)(=O)c1ccc(N2CCC(F)(F)CC2)c(C(=O)N2CCN(c3ccc(C=O)cc3)CC2)c1. The molecule has 0 radical (unpaired) electrons. The fourth-order valence-electron chi connectivity index (χ4n) is 4.37. The monoisotopic (exact) mass is 491 g/mol. The number of halogens is 2. The normalized spacial score (nSPS) is 18.6. The van der Waals surface area contributed by atoms with E-state index in [1.165, 1.54) is 12.1 Å². The molecule has 34 heavy (non-hydrogen) atoms. The van der Waals surface area contributed by atoms with E-state index in [9.17, 15) is 26.8 Å². The zero-order valence-electron chi connectivity index (χ0n) is 18.9. The summed E-state index contributed by atoms with van der Waals surface area (Å²) in [5, 5.41) is 0. The fraction of sp³-hybridized carbons (Fsp3) is 0.417. The van der Waals surface area contributed by atoms with Gasteiger partial charge in [0, 0.05) is 75.3 Å². The molecule has 0 aliphatic carbocycles. The molecular formula is C24H27F2N3O4S. The lowest BCUT2D eigenvalue weighted by Crippen LogP contribution is -2.49. The first-order valence-electron chi connectivity index (χ1n) is 11.1. The van der Waals surface area contributed by atoms with Crippen molar-refractivity contribution in [2.45, 2.75) is 23.7 Å². The van der Waals surface area contributed by atoms with E-state index in [0.29, 0.717) is 37.4 Å². The highest BCUT2D eigenvalue weighted by atomic mass is 32.2. The molecule has 2 saturated heterocycles. The van der Waals surface area contributed by atoms with Gasteiger partial charge < -0.3 is 14.7 Å². The van der Waals surface area contributed by atoms with Gasteiger partial charge in [-0.2, -0.15) is 0 Å². The van der Waals surface area contributed by atoms with Crippen molar-refractivity contribution in [2.24, 2.45) is 0 Å². The van der Waals surface area contributed by atoms with Gasteiger partial charge in [-0.25, -0.2) is 17.2 Å². The summed E-state index contributed by atoms with van der Waals surface area (Å²) < 4.78 is 51.6. The number of sulfone groups is 1. The number of piperazine rings is 1. The second-order valence-corrected chi connectivity index (χ2v) is 10.8. The first kappa shape index (κ1) is 24.1. The molecule has 10 heteroatoms. The lowest BCUT2D eigenvalue weighted by molar-refractivity contribution is -0.0220. The lowest BCUT2D eigenvalue weighted by Gasteiger charge is -2.38. The predicted octanol–water partition coefficient (Wildman–Crippen LogP) is 3.10. The van der Waals surface area contributed by atoms with E-state index in [0.717, 1.165) is 18.2 Å². The van der Waals surface area contributed by atoms with Crippen molar-refractivity contribution in [2.75, 3.05) is 55.3 Å². The van der Waals surface area contributed by atoms with Crippen LogP contribution in [0.3, 0.4) is 0 Å². The molecule has 0 N–H and O–H groups in total. The largest absolute Gasteiger partial charge is 0.370 e. The van der Waals surface area contributed by atoms with Crippen LogP contribution in [0.25, 0.3) is 0 Å². The van der Waals surface area contributed by atoms with E-state index >= 15 is 0 Å². The highest BCUT2D eigenvalue weighted by Crippen LogP contribution is 2.33. The van der Waals surface area contributed by atoms with Crippen molar-refractivity contribution in [3.63, 3.8) is 0 Å². The Kier molecular flexibility index (Phi) is 6.62. The van der Waals surface area contributed by atoms with Gasteiger partial charge in [0.05, 0.1) is 10.5 Å². The number of nitrogens with zero attached hydrogens (tertiary/aromatic N) is 3. The van der Waals surface area contributed by atoms with Crippen LogP contribution in [0, 0.1) is 0 Å². The van der Waals surface area contributed by atoms with Gasteiger partial charge >= 0.3 is 0 Å². The van der Waals surface area contributed by atoms with E-state index in [2.05, 4.69) is 4.90 Å². The molecule has 0 saturated carbocycles. The number of rotatable bonds is 5. The molecule has 2 aliphatic rings. The Morgan fingerprint density at radius 3 is 2.09 bits per heavy atom. The third-order valence-corrected chi connectivity index (χ3v) is 7.53. The minimum Gasteiger partial charge on any atom is -0.370 e. The molecule has 1 amide bonds. The van der Waals surface area contributed by atoms with Gasteiger partial charge in [0.1, 0.15) is 6.29 Å². The summed E-state index contributed by atoms with van der Waals surface area (Å²) in [6, 6.07) is 11.6. The molecule has 2 aliphatic heterocycles. The van der Waals surface area contributed by atoms with E-state index < -0.39 is 15.8 Å². The van der Waals surface area contributed by atoms with Crippen LogP contribution < -0.4 is 9.80 Å². The molecule has 0 unspecified atom stereocenters. The molecule has 4 rings (SSSR count). The standard InChI is InChI=1S/C24H27F2N3O4S/c1-34(32,33)20-6-7-22(28-10-8-24(25,26)9-11-28)21(16-20)23(31)29-14-12-27(13-15-29)19-4-2-18(17-30)3-5-19/h2-7,16-17H,8-15H2,1H3. The van der Waals surface area contributed by atoms with Gasteiger partial charge in [0.15, 0.2) is 9.84 Å². The number of amides is 1. The number of piperidine rings is 1. The summed E-state index contributed by atoms with van der Waals surface area (Å²) in [5.41, 5.74) is 2.25. The number of carbonyl (C=O) groups is 2. The molecule has 0 spiro atoms. The van der Waals surface area contributed by atoms with E-state index in [-0.39, 0.29) is 42.3 Å². The summed E-state index contributed by atoms with van der Waals surface area (Å²) in [5.74, 6) is -3.04. The molecule has 2 heterocycles. The van der Waals surface area contributed by atoms with Crippen molar-refractivity contribution in [3.05, 3.63) is 53.6 Å². The van der Waals surface area contributed by atoms with E-state index in [4.69, 9.17) is 0 Å². The van der Waals surface area contributed by atoms with Crippen LogP contribution in [0.2, 0.25) is 0 Å². The van der Waals surface area contributed by atoms with Crippen LogP contribution in [0.5, 0.6) is 0 Å². The van der Waals surface area contributed by atoms with Crippen LogP contribution in [0.1, 0.15) is 33.6 Å². The molecule has 7 nitrogen and oxygen atoms in total. The summed E-state index contributed by atoms with van der Waals surface area (Å²) in [6.45, 7) is 2.18. The van der Waals surface area contributed by atoms with Crippen molar-refractivity contribution in [1.29, 1.82) is 0 Å². The van der Waals surface area contributed by atoms with Crippen LogP contribution >= 0.6 is 0 Å². The second kappa shape index (κ2) is 9.32. The fourth-order valence-corrected chi connectivity index (χ4v) is 5.02. The number of carbonyl (C=O) groups excluding carboxylic acids is 2. The maximum atomic E-state index is 13.7. The van der Waals surface area contributed by atoms with Crippen LogP contribution in [0.4, 0.5) is 20.2 Å². The molecule has 0 atom stereocenters. The molecule has 2 fully saturated rings. The number of hydrogen-bond donors (Lipinski definition) is 0. The third kappa shape index (κ3) is 5.22. The average Bonchev–Trinajstić information content (AvgIpc) is 2.83. The summed E-state index contributed by atoms with van der Waals surface area (Å²) in [4.78, 5) is 29.9. The topological polar surface area (TPSA) is 78.0 Å². The summed E-state index contributed by atoms with van der Waals surface area (Å²) in [6.07, 6.45) is 1.24. The highest BCUT2D eigenvalue weighted by molar-refractivity contribution is 7.90. The molecule has 2 aromatic carbocycles. The Labute approximate surface area is 197 Å². The highest BCUT2D eigenvalue weighted by Gasteiger charge is 2.35. The molecule has 2 aromatic rings. The van der Waals surface area contributed by atoms with Gasteiger partial charge in [0.25, 0.3) is 11.8 Å². The zero-order chi connectivity index (χ0) is 24.5. The van der Waals surface area contributed by atoms with Gasteiger partial charge in [-0.05, 0) is 42.5 Å². The first-order chi connectivity index (χ1) is 16.1. The molecule has 182 valence electrons. The molecule has 0 aromatic heterocycles. The van der Waals surface area contributed by atoms with Crippen molar-refractivity contribution in [1.82, 2.24) is 4.90 Å². The zero-order valence-corrected chi connectivity index (χ0v) is 19.7. The Morgan fingerprint density at radius 2 is 1.53 bits per heavy atom. The minimum absolute atomic E-state index is 0.0239. The predicted molar refractivity (Wildman–Crippen MR) is 126 cm³/mol. The minimum atomic E-state index is -3.55. The number of alkyl halides is 2. The number of anilines is 2.